The van der Waals surface area contributed by atoms with Crippen molar-refractivity contribution < 1.29 is 13.9 Å². The first-order valence-corrected chi connectivity index (χ1v) is 8.92. The molecule has 0 aliphatic carbocycles. The standard InChI is InChI=1S/C20H19ClFN3O3/c1-10-5-6-16(18(23-10)20(27)28-4)24-11(2)13-7-12(22)8-15-14(13)9-17(21)25(3)19(15)26/h5-9,11,24H,1-4H3/t11-/m1/s1. The van der Waals surface area contributed by atoms with E-state index in [0.717, 1.165) is 0 Å². The van der Waals surface area contributed by atoms with E-state index in [1.165, 1.54) is 30.9 Å². The van der Waals surface area contributed by atoms with E-state index in [0.29, 0.717) is 22.3 Å². The third-order valence-corrected chi connectivity index (χ3v) is 4.91. The number of fused-ring (bicyclic) bond motifs is 1. The molecule has 1 aromatic carbocycles. The minimum atomic E-state index is -0.584. The van der Waals surface area contributed by atoms with Gasteiger partial charge in [0.2, 0.25) is 0 Å². The summed E-state index contributed by atoms with van der Waals surface area (Å²) in [5.74, 6) is -1.12. The van der Waals surface area contributed by atoms with Crippen LogP contribution in [0.5, 0.6) is 0 Å². The number of benzene rings is 1. The number of methoxy groups -OCH3 is 1. The summed E-state index contributed by atoms with van der Waals surface area (Å²) >= 11 is 6.15. The van der Waals surface area contributed by atoms with Gasteiger partial charge in [-0.25, -0.2) is 14.2 Å². The van der Waals surface area contributed by atoms with Crippen LogP contribution in [0, 0.1) is 12.7 Å². The topological polar surface area (TPSA) is 73.2 Å². The van der Waals surface area contributed by atoms with Crippen LogP contribution in [0.4, 0.5) is 10.1 Å². The second kappa shape index (κ2) is 7.59. The van der Waals surface area contributed by atoms with Crippen molar-refractivity contribution in [2.45, 2.75) is 19.9 Å². The number of pyridine rings is 2. The number of ether oxygens (including phenoxy) is 1. The summed E-state index contributed by atoms with van der Waals surface area (Å²) in [4.78, 5) is 28.8. The van der Waals surface area contributed by atoms with E-state index >= 15 is 0 Å². The van der Waals surface area contributed by atoms with Gasteiger partial charge in [-0.1, -0.05) is 11.6 Å². The zero-order valence-corrected chi connectivity index (χ0v) is 16.6. The highest BCUT2D eigenvalue weighted by Gasteiger charge is 2.19. The van der Waals surface area contributed by atoms with Gasteiger partial charge in [-0.3, -0.25) is 4.79 Å². The molecule has 3 aromatic rings. The third-order valence-electron chi connectivity index (χ3n) is 4.55. The van der Waals surface area contributed by atoms with Crippen molar-refractivity contribution in [2.75, 3.05) is 12.4 Å². The van der Waals surface area contributed by atoms with Gasteiger partial charge in [-0.15, -0.1) is 0 Å². The van der Waals surface area contributed by atoms with Crippen LogP contribution < -0.4 is 10.9 Å². The summed E-state index contributed by atoms with van der Waals surface area (Å²) in [6, 6.07) is 7.16. The smallest absolute Gasteiger partial charge is 0.358 e. The molecule has 0 radical (unpaired) electrons. The molecule has 0 aliphatic rings. The molecule has 28 heavy (non-hydrogen) atoms. The molecule has 1 N–H and O–H groups in total. The van der Waals surface area contributed by atoms with Crippen LogP contribution in [0.15, 0.2) is 35.1 Å². The summed E-state index contributed by atoms with van der Waals surface area (Å²) in [5.41, 5.74) is 1.38. The number of anilines is 1. The maximum atomic E-state index is 14.2. The Morgan fingerprint density at radius 1 is 1.29 bits per heavy atom. The lowest BCUT2D eigenvalue weighted by molar-refractivity contribution is 0.0595. The first-order chi connectivity index (χ1) is 13.2. The molecule has 2 heterocycles. The number of aromatic nitrogens is 2. The van der Waals surface area contributed by atoms with Crippen LogP contribution >= 0.6 is 11.6 Å². The number of aryl methyl sites for hydroxylation is 1. The SMILES string of the molecule is COC(=O)c1nc(C)ccc1N[C@H](C)c1cc(F)cc2c(=O)n(C)c(Cl)cc12. The molecule has 146 valence electrons. The van der Waals surface area contributed by atoms with E-state index in [-0.39, 0.29) is 21.8 Å². The van der Waals surface area contributed by atoms with Crippen molar-refractivity contribution in [3.8, 4) is 0 Å². The third kappa shape index (κ3) is 3.57. The minimum Gasteiger partial charge on any atom is -0.464 e. The lowest BCUT2D eigenvalue weighted by Gasteiger charge is -2.20. The van der Waals surface area contributed by atoms with Gasteiger partial charge in [0.15, 0.2) is 5.69 Å². The average Bonchev–Trinajstić information content (AvgIpc) is 2.67. The van der Waals surface area contributed by atoms with E-state index in [9.17, 15) is 14.0 Å². The number of esters is 1. The fourth-order valence-corrected chi connectivity index (χ4v) is 3.25. The molecule has 6 nitrogen and oxygen atoms in total. The molecule has 1 atom stereocenters. The lowest BCUT2D eigenvalue weighted by Crippen LogP contribution is -2.19. The van der Waals surface area contributed by atoms with Crippen LogP contribution in [0.1, 0.15) is 34.7 Å². The molecule has 0 saturated carbocycles. The van der Waals surface area contributed by atoms with Gasteiger partial charge in [-0.05, 0) is 55.1 Å². The van der Waals surface area contributed by atoms with Crippen LogP contribution in [0.2, 0.25) is 5.15 Å². The van der Waals surface area contributed by atoms with Crippen molar-refractivity contribution in [2.24, 2.45) is 7.05 Å². The zero-order valence-electron chi connectivity index (χ0n) is 15.8. The number of carbonyl (C=O) groups excluding carboxylic acids is 1. The predicted molar refractivity (Wildman–Crippen MR) is 107 cm³/mol. The predicted octanol–water partition coefficient (Wildman–Crippen LogP) is 3.99. The quantitative estimate of drug-likeness (QED) is 0.526. The Morgan fingerprint density at radius 2 is 2.00 bits per heavy atom. The Hall–Kier alpha value is -2.93. The Kier molecular flexibility index (Phi) is 5.38. The molecule has 0 spiro atoms. The van der Waals surface area contributed by atoms with Crippen LogP contribution in [-0.2, 0) is 11.8 Å². The molecule has 0 saturated heterocycles. The molecule has 8 heteroatoms. The summed E-state index contributed by atoms with van der Waals surface area (Å²) in [5, 5.41) is 4.16. The van der Waals surface area contributed by atoms with Crippen molar-refractivity contribution in [1.29, 1.82) is 0 Å². The normalized spacial score (nSPS) is 12.1. The number of carbonyl (C=O) groups is 1. The monoisotopic (exact) mass is 403 g/mol. The van der Waals surface area contributed by atoms with Crippen molar-refractivity contribution in [3.05, 3.63) is 68.6 Å². The number of hydrogen-bond donors (Lipinski definition) is 1. The Morgan fingerprint density at radius 3 is 2.68 bits per heavy atom. The van der Waals surface area contributed by atoms with E-state index in [4.69, 9.17) is 16.3 Å². The van der Waals surface area contributed by atoms with Gasteiger partial charge in [0.05, 0.1) is 18.2 Å². The van der Waals surface area contributed by atoms with E-state index in [1.807, 2.05) is 0 Å². The summed E-state index contributed by atoms with van der Waals surface area (Å²) in [6.45, 7) is 3.55. The van der Waals surface area contributed by atoms with Crippen LogP contribution in [0.3, 0.4) is 0 Å². The van der Waals surface area contributed by atoms with Gasteiger partial charge in [0, 0.05) is 18.8 Å². The minimum absolute atomic E-state index is 0.129. The largest absolute Gasteiger partial charge is 0.464 e. The highest BCUT2D eigenvalue weighted by atomic mass is 35.5. The second-order valence-electron chi connectivity index (χ2n) is 6.49. The van der Waals surface area contributed by atoms with Crippen LogP contribution in [-0.4, -0.2) is 22.6 Å². The van der Waals surface area contributed by atoms with Gasteiger partial charge in [0.1, 0.15) is 11.0 Å². The van der Waals surface area contributed by atoms with Crippen molar-refractivity contribution in [1.82, 2.24) is 9.55 Å². The Labute approximate surface area is 165 Å². The molecular weight excluding hydrogens is 385 g/mol. The van der Waals surface area contributed by atoms with E-state index in [2.05, 4.69) is 10.3 Å². The molecule has 2 aromatic heterocycles. The van der Waals surface area contributed by atoms with Crippen LogP contribution in [0.25, 0.3) is 10.8 Å². The molecule has 0 fully saturated rings. The molecular formula is C20H19ClFN3O3. The van der Waals surface area contributed by atoms with E-state index < -0.39 is 17.8 Å². The first kappa shape index (κ1) is 19.8. The molecule has 0 bridgehead atoms. The fraction of sp³-hybridized carbons (Fsp3) is 0.250. The average molecular weight is 404 g/mol. The zero-order chi connectivity index (χ0) is 20.6. The lowest BCUT2D eigenvalue weighted by atomic mass is 10.00. The maximum Gasteiger partial charge on any atom is 0.358 e. The van der Waals surface area contributed by atoms with Gasteiger partial charge in [-0.2, -0.15) is 0 Å². The Bertz CT molecular complexity index is 1140. The van der Waals surface area contributed by atoms with Gasteiger partial charge in [0.25, 0.3) is 5.56 Å². The number of hydrogen-bond acceptors (Lipinski definition) is 5. The fourth-order valence-electron chi connectivity index (χ4n) is 3.07. The highest BCUT2D eigenvalue weighted by Crippen LogP contribution is 2.29. The summed E-state index contributed by atoms with van der Waals surface area (Å²) in [7, 11) is 2.80. The van der Waals surface area contributed by atoms with Gasteiger partial charge >= 0.3 is 5.97 Å². The van der Waals surface area contributed by atoms with Crippen molar-refractivity contribution >= 4 is 34.0 Å². The molecule has 0 aliphatic heterocycles. The Balaban J connectivity index is 2.12. The molecule has 3 rings (SSSR count). The number of nitrogens with zero attached hydrogens (tertiary/aromatic N) is 2. The molecule has 0 amide bonds. The van der Waals surface area contributed by atoms with Crippen molar-refractivity contribution in [3.63, 3.8) is 0 Å². The second-order valence-corrected chi connectivity index (χ2v) is 6.88. The van der Waals surface area contributed by atoms with E-state index in [1.54, 1.807) is 32.0 Å². The summed E-state index contributed by atoms with van der Waals surface area (Å²) in [6.07, 6.45) is 0. The summed E-state index contributed by atoms with van der Waals surface area (Å²) < 4.78 is 20.3. The maximum absolute atomic E-state index is 14.2. The molecule has 0 unspecified atom stereocenters. The highest BCUT2D eigenvalue weighted by molar-refractivity contribution is 6.30. The number of halogens is 2. The number of nitrogens with one attached hydrogen (secondary N) is 1. The first-order valence-electron chi connectivity index (χ1n) is 8.54. The van der Waals surface area contributed by atoms with Gasteiger partial charge < -0.3 is 14.6 Å². The number of rotatable bonds is 4.